The average molecular weight is 346 g/mol. The Balaban J connectivity index is 1.55. The SMILES string of the molecule is CCCCC1C=CCN1C(=O)c1cc(CN2CCN(CC)CC2)on1. The highest BCUT2D eigenvalue weighted by Crippen LogP contribution is 2.19. The molecule has 6 heteroatoms. The van der Waals surface area contributed by atoms with Crippen LogP contribution in [0.5, 0.6) is 0 Å². The number of hydrogen-bond donors (Lipinski definition) is 0. The van der Waals surface area contributed by atoms with E-state index in [-0.39, 0.29) is 11.9 Å². The molecule has 138 valence electrons. The van der Waals surface area contributed by atoms with Gasteiger partial charge in [0, 0.05) is 38.8 Å². The van der Waals surface area contributed by atoms with E-state index in [4.69, 9.17) is 4.52 Å². The van der Waals surface area contributed by atoms with Crippen LogP contribution < -0.4 is 0 Å². The fraction of sp³-hybridized carbons (Fsp3) is 0.684. The molecule has 1 unspecified atom stereocenters. The molecule has 1 saturated heterocycles. The zero-order valence-corrected chi connectivity index (χ0v) is 15.5. The lowest BCUT2D eigenvalue weighted by Gasteiger charge is -2.33. The molecule has 1 fully saturated rings. The van der Waals surface area contributed by atoms with Crippen LogP contribution in [0.15, 0.2) is 22.7 Å². The van der Waals surface area contributed by atoms with E-state index in [2.05, 4.69) is 41.0 Å². The zero-order chi connectivity index (χ0) is 17.6. The van der Waals surface area contributed by atoms with E-state index in [0.29, 0.717) is 12.2 Å². The molecule has 0 bridgehead atoms. The maximum absolute atomic E-state index is 12.8. The van der Waals surface area contributed by atoms with E-state index in [1.54, 1.807) is 0 Å². The third kappa shape index (κ3) is 4.50. The van der Waals surface area contributed by atoms with Crippen molar-refractivity contribution in [3.05, 3.63) is 29.7 Å². The topological polar surface area (TPSA) is 52.8 Å². The van der Waals surface area contributed by atoms with Gasteiger partial charge in [0.05, 0.1) is 12.6 Å². The number of rotatable bonds is 7. The molecule has 25 heavy (non-hydrogen) atoms. The van der Waals surface area contributed by atoms with Crippen molar-refractivity contribution in [1.29, 1.82) is 0 Å². The summed E-state index contributed by atoms with van der Waals surface area (Å²) in [5.41, 5.74) is 0.437. The molecule has 1 aromatic rings. The molecule has 2 aliphatic rings. The Bertz CT molecular complexity index is 590. The van der Waals surface area contributed by atoms with Crippen LogP contribution in [0, 0.1) is 0 Å². The van der Waals surface area contributed by atoms with Crippen molar-refractivity contribution in [2.24, 2.45) is 0 Å². The van der Waals surface area contributed by atoms with Gasteiger partial charge in [-0.15, -0.1) is 0 Å². The summed E-state index contributed by atoms with van der Waals surface area (Å²) in [7, 11) is 0. The highest BCUT2D eigenvalue weighted by atomic mass is 16.5. The maximum Gasteiger partial charge on any atom is 0.276 e. The van der Waals surface area contributed by atoms with Crippen LogP contribution in [0.4, 0.5) is 0 Å². The van der Waals surface area contributed by atoms with E-state index >= 15 is 0 Å². The van der Waals surface area contributed by atoms with Gasteiger partial charge in [-0.05, 0) is 13.0 Å². The molecule has 0 saturated carbocycles. The van der Waals surface area contributed by atoms with Gasteiger partial charge in [0.25, 0.3) is 5.91 Å². The lowest BCUT2D eigenvalue weighted by Crippen LogP contribution is -2.45. The van der Waals surface area contributed by atoms with E-state index < -0.39 is 0 Å². The fourth-order valence-electron chi connectivity index (χ4n) is 3.59. The Kier molecular flexibility index (Phi) is 6.26. The van der Waals surface area contributed by atoms with Crippen molar-refractivity contribution in [3.8, 4) is 0 Å². The minimum atomic E-state index is -0.0168. The molecular weight excluding hydrogens is 316 g/mol. The van der Waals surface area contributed by atoms with Crippen LogP contribution in [0.2, 0.25) is 0 Å². The highest BCUT2D eigenvalue weighted by Gasteiger charge is 2.27. The summed E-state index contributed by atoms with van der Waals surface area (Å²) < 4.78 is 5.44. The standard InChI is InChI=1S/C19H30N4O2/c1-3-5-7-16-8-6-9-23(16)19(24)18-14-17(25-20-18)15-22-12-10-21(4-2)11-13-22/h6,8,14,16H,3-5,7,9-13,15H2,1-2H3. The number of nitrogens with zero attached hydrogens (tertiary/aromatic N) is 4. The molecule has 1 atom stereocenters. The Morgan fingerprint density at radius 3 is 2.72 bits per heavy atom. The van der Waals surface area contributed by atoms with Gasteiger partial charge in [-0.2, -0.15) is 0 Å². The van der Waals surface area contributed by atoms with E-state index in [1.165, 1.54) is 0 Å². The summed E-state index contributed by atoms with van der Waals surface area (Å²) in [6.07, 6.45) is 7.51. The lowest BCUT2D eigenvalue weighted by molar-refractivity contribution is 0.0732. The van der Waals surface area contributed by atoms with Gasteiger partial charge >= 0.3 is 0 Å². The van der Waals surface area contributed by atoms with Crippen LogP contribution >= 0.6 is 0 Å². The molecule has 0 N–H and O–H groups in total. The molecule has 0 aliphatic carbocycles. The predicted molar refractivity (Wildman–Crippen MR) is 97.4 cm³/mol. The molecule has 1 aromatic heterocycles. The summed E-state index contributed by atoms with van der Waals surface area (Å²) in [5, 5.41) is 4.04. The molecule has 1 amide bonds. The number of hydrogen-bond acceptors (Lipinski definition) is 5. The zero-order valence-electron chi connectivity index (χ0n) is 15.5. The summed E-state index contributed by atoms with van der Waals surface area (Å²) in [4.78, 5) is 19.5. The van der Waals surface area contributed by atoms with Gasteiger partial charge in [-0.25, -0.2) is 0 Å². The Morgan fingerprint density at radius 2 is 2.00 bits per heavy atom. The van der Waals surface area contributed by atoms with Gasteiger partial charge < -0.3 is 14.3 Å². The van der Waals surface area contributed by atoms with Crippen LogP contribution in [-0.2, 0) is 6.54 Å². The third-order valence-corrected chi connectivity index (χ3v) is 5.24. The van der Waals surface area contributed by atoms with Crippen molar-refractivity contribution < 1.29 is 9.32 Å². The third-order valence-electron chi connectivity index (χ3n) is 5.24. The Labute approximate surface area is 150 Å². The van der Waals surface area contributed by atoms with E-state index in [0.717, 1.165) is 64.3 Å². The second-order valence-electron chi connectivity index (χ2n) is 6.98. The van der Waals surface area contributed by atoms with Crippen molar-refractivity contribution in [1.82, 2.24) is 19.9 Å². The minimum absolute atomic E-state index is 0.0168. The van der Waals surface area contributed by atoms with Crippen LogP contribution in [0.1, 0.15) is 49.4 Å². The normalized spacial score (nSPS) is 22.0. The van der Waals surface area contributed by atoms with Crippen LogP contribution in [0.3, 0.4) is 0 Å². The molecule has 0 spiro atoms. The van der Waals surface area contributed by atoms with Gasteiger partial charge in [0.1, 0.15) is 0 Å². The summed E-state index contributed by atoms with van der Waals surface area (Å²) in [6, 6.07) is 2.03. The summed E-state index contributed by atoms with van der Waals surface area (Å²) >= 11 is 0. The number of amides is 1. The molecule has 0 radical (unpaired) electrons. The predicted octanol–water partition coefficient (Wildman–Crippen LogP) is 2.38. The van der Waals surface area contributed by atoms with Crippen molar-refractivity contribution in [3.63, 3.8) is 0 Å². The number of carbonyl (C=O) groups excluding carboxylic acids is 1. The monoisotopic (exact) mass is 346 g/mol. The first-order chi connectivity index (χ1) is 12.2. The molecular formula is C19H30N4O2. The summed E-state index contributed by atoms with van der Waals surface area (Å²) in [6.45, 7) is 11.1. The Morgan fingerprint density at radius 1 is 1.24 bits per heavy atom. The van der Waals surface area contributed by atoms with E-state index in [9.17, 15) is 4.79 Å². The first kappa shape index (κ1) is 18.1. The average Bonchev–Trinajstić information content (AvgIpc) is 3.29. The van der Waals surface area contributed by atoms with E-state index in [1.807, 2.05) is 11.0 Å². The molecule has 3 rings (SSSR count). The quantitative estimate of drug-likeness (QED) is 0.710. The second kappa shape index (κ2) is 8.63. The van der Waals surface area contributed by atoms with Gasteiger partial charge in [-0.3, -0.25) is 9.69 Å². The second-order valence-corrected chi connectivity index (χ2v) is 6.98. The minimum Gasteiger partial charge on any atom is -0.359 e. The molecule has 2 aliphatic heterocycles. The maximum atomic E-state index is 12.8. The number of aromatic nitrogens is 1. The molecule has 3 heterocycles. The first-order valence-corrected chi connectivity index (χ1v) is 9.59. The smallest absolute Gasteiger partial charge is 0.276 e. The van der Waals surface area contributed by atoms with Gasteiger partial charge in [-0.1, -0.05) is 44.0 Å². The highest BCUT2D eigenvalue weighted by molar-refractivity contribution is 5.93. The number of piperazine rings is 1. The number of unbranched alkanes of at least 4 members (excludes halogenated alkanes) is 1. The van der Waals surface area contributed by atoms with Gasteiger partial charge in [0.2, 0.25) is 0 Å². The van der Waals surface area contributed by atoms with Crippen LogP contribution in [0.25, 0.3) is 0 Å². The summed E-state index contributed by atoms with van der Waals surface area (Å²) in [5.74, 6) is 0.766. The molecule has 6 nitrogen and oxygen atoms in total. The lowest BCUT2D eigenvalue weighted by atomic mass is 10.1. The fourth-order valence-corrected chi connectivity index (χ4v) is 3.59. The Hall–Kier alpha value is -1.66. The van der Waals surface area contributed by atoms with Crippen LogP contribution in [-0.4, -0.2) is 71.1 Å². The van der Waals surface area contributed by atoms with Crippen molar-refractivity contribution >= 4 is 5.91 Å². The van der Waals surface area contributed by atoms with Crippen molar-refractivity contribution in [2.75, 3.05) is 39.3 Å². The molecule has 0 aromatic carbocycles. The number of carbonyl (C=O) groups is 1. The van der Waals surface area contributed by atoms with Gasteiger partial charge in [0.15, 0.2) is 11.5 Å². The first-order valence-electron chi connectivity index (χ1n) is 9.59. The van der Waals surface area contributed by atoms with Crippen molar-refractivity contribution in [2.45, 2.75) is 45.7 Å². The largest absolute Gasteiger partial charge is 0.359 e. The number of likely N-dealkylation sites (N-methyl/N-ethyl adjacent to an activating group) is 1.